The van der Waals surface area contributed by atoms with Gasteiger partial charge in [-0.1, -0.05) is 25.0 Å². The summed E-state index contributed by atoms with van der Waals surface area (Å²) in [6, 6.07) is 7.65. The molecule has 2 fully saturated rings. The lowest BCUT2D eigenvalue weighted by Gasteiger charge is -2.36. The van der Waals surface area contributed by atoms with Crippen molar-refractivity contribution in [1.82, 2.24) is 30.0 Å². The molecule has 0 spiro atoms. The molecule has 0 unspecified atom stereocenters. The van der Waals surface area contributed by atoms with Gasteiger partial charge in [-0.3, -0.25) is 9.59 Å². The minimum Gasteiger partial charge on any atom is -0.339 e. The van der Waals surface area contributed by atoms with E-state index in [2.05, 4.69) is 15.5 Å². The quantitative estimate of drug-likeness (QED) is 0.806. The van der Waals surface area contributed by atoms with Crippen molar-refractivity contribution in [3.8, 4) is 5.69 Å². The summed E-state index contributed by atoms with van der Waals surface area (Å²) in [5, 5.41) is 11.1. The van der Waals surface area contributed by atoms with Crippen molar-refractivity contribution >= 4 is 11.8 Å². The number of benzene rings is 1. The first kappa shape index (κ1) is 17.6. The van der Waals surface area contributed by atoms with Crippen molar-refractivity contribution in [3.05, 3.63) is 36.2 Å². The zero-order valence-corrected chi connectivity index (χ0v) is 15.3. The number of rotatable bonds is 4. The normalized spacial score (nSPS) is 18.1. The summed E-state index contributed by atoms with van der Waals surface area (Å²) < 4.78 is 1.58. The van der Waals surface area contributed by atoms with Crippen LogP contribution < -0.4 is 0 Å². The third-order valence-corrected chi connectivity index (χ3v) is 5.55. The highest BCUT2D eigenvalue weighted by Gasteiger charge is 2.30. The summed E-state index contributed by atoms with van der Waals surface area (Å²) in [4.78, 5) is 28.9. The molecule has 1 aromatic carbocycles. The maximum absolute atomic E-state index is 12.6. The second kappa shape index (κ2) is 7.85. The molecule has 1 saturated heterocycles. The van der Waals surface area contributed by atoms with Gasteiger partial charge in [-0.15, -0.1) is 5.10 Å². The summed E-state index contributed by atoms with van der Waals surface area (Å²) in [6.07, 6.45) is 6.29. The van der Waals surface area contributed by atoms with E-state index >= 15 is 0 Å². The maximum atomic E-state index is 12.6. The molecule has 8 nitrogen and oxygen atoms in total. The predicted molar refractivity (Wildman–Crippen MR) is 98.0 cm³/mol. The van der Waals surface area contributed by atoms with E-state index in [9.17, 15) is 9.59 Å². The van der Waals surface area contributed by atoms with E-state index in [1.807, 2.05) is 34.1 Å². The van der Waals surface area contributed by atoms with Crippen LogP contribution in [0.15, 0.2) is 30.6 Å². The minimum atomic E-state index is 0.109. The molecule has 1 aliphatic carbocycles. The number of carbonyl (C=O) groups excluding carboxylic acids is 2. The molecule has 27 heavy (non-hydrogen) atoms. The van der Waals surface area contributed by atoms with Crippen LogP contribution in [0, 0.1) is 5.92 Å². The van der Waals surface area contributed by atoms with Crippen LogP contribution in [-0.4, -0.2) is 68.0 Å². The Bertz CT molecular complexity index is 775. The highest BCUT2D eigenvalue weighted by Crippen LogP contribution is 2.27. The summed E-state index contributed by atoms with van der Waals surface area (Å²) in [5.41, 5.74) is 1.82. The van der Waals surface area contributed by atoms with E-state index in [0.717, 1.165) is 24.1 Å². The lowest BCUT2D eigenvalue weighted by atomic mass is 10.1. The molecule has 1 aliphatic heterocycles. The zero-order valence-electron chi connectivity index (χ0n) is 15.3. The lowest BCUT2D eigenvalue weighted by molar-refractivity contribution is -0.141. The Hall–Kier alpha value is -2.77. The molecule has 4 rings (SSSR count). The number of carbonyl (C=O) groups is 2. The number of piperazine rings is 1. The van der Waals surface area contributed by atoms with Crippen LogP contribution in [0.25, 0.3) is 5.69 Å². The number of aromatic nitrogens is 4. The Kier molecular flexibility index (Phi) is 5.13. The van der Waals surface area contributed by atoms with Crippen LogP contribution in [-0.2, 0) is 16.0 Å². The summed E-state index contributed by atoms with van der Waals surface area (Å²) in [7, 11) is 0. The molecule has 0 bridgehead atoms. The SMILES string of the molecule is O=C(Cc1ccc(-n2cnnn2)cc1)N1CCN(C(=O)C2CCCC2)CC1. The van der Waals surface area contributed by atoms with Crippen LogP contribution >= 0.6 is 0 Å². The van der Waals surface area contributed by atoms with Crippen molar-refractivity contribution in [2.45, 2.75) is 32.1 Å². The molecule has 1 saturated carbocycles. The number of amides is 2. The molecule has 2 heterocycles. The average Bonchev–Trinajstić information content (AvgIpc) is 3.42. The van der Waals surface area contributed by atoms with Crippen molar-refractivity contribution in [2.75, 3.05) is 26.2 Å². The molecule has 1 aromatic heterocycles. The van der Waals surface area contributed by atoms with E-state index in [-0.39, 0.29) is 17.7 Å². The van der Waals surface area contributed by atoms with Gasteiger partial charge in [0.2, 0.25) is 11.8 Å². The van der Waals surface area contributed by atoms with Gasteiger partial charge in [0.15, 0.2) is 0 Å². The van der Waals surface area contributed by atoms with E-state index < -0.39 is 0 Å². The fraction of sp³-hybridized carbons (Fsp3) is 0.526. The first-order chi connectivity index (χ1) is 13.2. The monoisotopic (exact) mass is 368 g/mol. The predicted octanol–water partition coefficient (Wildman–Crippen LogP) is 1.07. The Morgan fingerprint density at radius 3 is 2.26 bits per heavy atom. The van der Waals surface area contributed by atoms with Gasteiger partial charge < -0.3 is 9.80 Å². The molecule has 2 amide bonds. The standard InChI is InChI=1S/C19H24N6O2/c26-18(13-15-5-7-17(8-6-15)25-14-20-21-22-25)23-9-11-24(12-10-23)19(27)16-3-1-2-4-16/h5-8,14,16H,1-4,9-13H2. The van der Waals surface area contributed by atoms with Gasteiger partial charge in [0, 0.05) is 32.1 Å². The number of hydrogen-bond acceptors (Lipinski definition) is 5. The van der Waals surface area contributed by atoms with Crippen molar-refractivity contribution in [1.29, 1.82) is 0 Å². The lowest BCUT2D eigenvalue weighted by Crippen LogP contribution is -2.52. The molecular formula is C19H24N6O2. The molecule has 0 radical (unpaired) electrons. The maximum Gasteiger partial charge on any atom is 0.227 e. The fourth-order valence-electron chi connectivity index (χ4n) is 3.94. The average molecular weight is 368 g/mol. The molecule has 2 aliphatic rings. The largest absolute Gasteiger partial charge is 0.339 e. The van der Waals surface area contributed by atoms with Gasteiger partial charge in [-0.25, -0.2) is 4.68 Å². The molecule has 8 heteroatoms. The highest BCUT2D eigenvalue weighted by molar-refractivity contribution is 5.81. The van der Waals surface area contributed by atoms with Crippen molar-refractivity contribution in [2.24, 2.45) is 5.92 Å². The third-order valence-electron chi connectivity index (χ3n) is 5.55. The summed E-state index contributed by atoms with van der Waals surface area (Å²) >= 11 is 0. The highest BCUT2D eigenvalue weighted by atomic mass is 16.2. The van der Waals surface area contributed by atoms with Gasteiger partial charge in [-0.2, -0.15) is 0 Å². The van der Waals surface area contributed by atoms with Crippen molar-refractivity contribution in [3.63, 3.8) is 0 Å². The van der Waals surface area contributed by atoms with Crippen LogP contribution in [0.3, 0.4) is 0 Å². The summed E-state index contributed by atoms with van der Waals surface area (Å²) in [6.45, 7) is 2.55. The zero-order chi connectivity index (χ0) is 18.6. The summed E-state index contributed by atoms with van der Waals surface area (Å²) in [5.74, 6) is 0.613. The molecule has 2 aromatic rings. The Morgan fingerprint density at radius 2 is 1.63 bits per heavy atom. The molecule has 0 N–H and O–H groups in total. The van der Waals surface area contributed by atoms with Gasteiger partial charge in [0.05, 0.1) is 12.1 Å². The first-order valence-electron chi connectivity index (χ1n) is 9.59. The second-order valence-corrected chi connectivity index (χ2v) is 7.29. The van der Waals surface area contributed by atoms with Crippen molar-refractivity contribution < 1.29 is 9.59 Å². The Balaban J connectivity index is 1.28. The first-order valence-corrected chi connectivity index (χ1v) is 9.59. The number of nitrogens with zero attached hydrogens (tertiary/aromatic N) is 6. The smallest absolute Gasteiger partial charge is 0.227 e. The Labute approximate surface area is 158 Å². The van der Waals surface area contributed by atoms with Gasteiger partial charge in [0.25, 0.3) is 0 Å². The second-order valence-electron chi connectivity index (χ2n) is 7.29. The van der Waals surface area contributed by atoms with Crippen LogP contribution in [0.5, 0.6) is 0 Å². The van der Waals surface area contributed by atoms with E-state index in [1.165, 1.54) is 19.2 Å². The van der Waals surface area contributed by atoms with Gasteiger partial charge in [-0.05, 0) is 41.0 Å². The molecule has 142 valence electrons. The van der Waals surface area contributed by atoms with Crippen LogP contribution in [0.2, 0.25) is 0 Å². The van der Waals surface area contributed by atoms with Crippen LogP contribution in [0.4, 0.5) is 0 Å². The third kappa shape index (κ3) is 3.99. The van der Waals surface area contributed by atoms with E-state index in [0.29, 0.717) is 32.6 Å². The van der Waals surface area contributed by atoms with E-state index in [4.69, 9.17) is 0 Å². The number of hydrogen-bond donors (Lipinski definition) is 0. The van der Waals surface area contributed by atoms with Crippen LogP contribution in [0.1, 0.15) is 31.2 Å². The minimum absolute atomic E-state index is 0.109. The Morgan fingerprint density at radius 1 is 0.963 bits per heavy atom. The van der Waals surface area contributed by atoms with Gasteiger partial charge in [0.1, 0.15) is 6.33 Å². The molecule has 0 atom stereocenters. The number of tetrazole rings is 1. The van der Waals surface area contributed by atoms with Gasteiger partial charge >= 0.3 is 0 Å². The topological polar surface area (TPSA) is 84.2 Å². The fourth-order valence-corrected chi connectivity index (χ4v) is 3.94. The molecular weight excluding hydrogens is 344 g/mol. The van der Waals surface area contributed by atoms with E-state index in [1.54, 1.807) is 4.68 Å².